The molecular formula is C13H15Cl2NO5. The van der Waals surface area contributed by atoms with Gasteiger partial charge in [0.2, 0.25) is 6.10 Å². The fraction of sp³-hybridized carbons (Fsp3) is 0.385. The van der Waals surface area contributed by atoms with Crippen LogP contribution in [0.4, 0.5) is 5.69 Å². The van der Waals surface area contributed by atoms with E-state index in [0.29, 0.717) is 15.7 Å². The van der Waals surface area contributed by atoms with Gasteiger partial charge in [-0.3, -0.25) is 4.79 Å². The van der Waals surface area contributed by atoms with Gasteiger partial charge in [-0.15, -0.1) is 0 Å². The largest absolute Gasteiger partial charge is 0.464 e. The number of carbonyl (C=O) groups excluding carboxylic acids is 2. The number of halogens is 2. The van der Waals surface area contributed by atoms with E-state index in [0.717, 1.165) is 0 Å². The van der Waals surface area contributed by atoms with E-state index in [1.807, 2.05) is 0 Å². The Kier molecular flexibility index (Phi) is 7.45. The topological polar surface area (TPSA) is 73.9 Å². The van der Waals surface area contributed by atoms with E-state index in [1.54, 1.807) is 6.92 Å². The Hall–Kier alpha value is -1.34. The van der Waals surface area contributed by atoms with Gasteiger partial charge in [0.25, 0.3) is 5.91 Å². The van der Waals surface area contributed by atoms with Crippen LogP contribution in [0.25, 0.3) is 0 Å². The summed E-state index contributed by atoms with van der Waals surface area (Å²) < 4.78 is 14.5. The fourth-order valence-electron chi connectivity index (χ4n) is 1.44. The first-order chi connectivity index (χ1) is 9.97. The number of esters is 1. The Morgan fingerprint density at radius 3 is 2.38 bits per heavy atom. The van der Waals surface area contributed by atoms with Gasteiger partial charge in [0, 0.05) is 22.8 Å². The molecule has 0 aliphatic heterocycles. The Morgan fingerprint density at radius 2 is 1.86 bits per heavy atom. The Bertz CT molecular complexity index is 489. The van der Waals surface area contributed by atoms with Gasteiger partial charge in [-0.05, 0) is 25.1 Å². The molecule has 6 nitrogen and oxygen atoms in total. The maximum absolute atomic E-state index is 12.1. The van der Waals surface area contributed by atoms with Crippen molar-refractivity contribution in [2.75, 3.05) is 25.8 Å². The van der Waals surface area contributed by atoms with Crippen LogP contribution in [0.15, 0.2) is 18.2 Å². The van der Waals surface area contributed by atoms with Gasteiger partial charge in [0.15, 0.2) is 0 Å². The molecule has 0 aliphatic carbocycles. The number of ether oxygens (including phenoxy) is 3. The lowest BCUT2D eigenvalue weighted by Gasteiger charge is -2.16. The molecular weight excluding hydrogens is 321 g/mol. The lowest BCUT2D eigenvalue weighted by molar-refractivity contribution is -0.168. The monoisotopic (exact) mass is 335 g/mol. The molecule has 0 aromatic heterocycles. The number of benzene rings is 1. The number of nitrogens with one attached hydrogen (secondary N) is 1. The van der Waals surface area contributed by atoms with Crippen molar-refractivity contribution in [3.8, 4) is 0 Å². The molecule has 1 aromatic rings. The standard InChI is InChI=1S/C13H15Cl2NO5/c1-3-20-13(18)11(21-7-19-2)12(17)16-10-5-8(14)4-9(15)6-10/h4-6,11H,3,7H2,1-2H3,(H,16,17). The highest BCUT2D eigenvalue weighted by atomic mass is 35.5. The van der Waals surface area contributed by atoms with Crippen molar-refractivity contribution in [1.29, 1.82) is 0 Å². The van der Waals surface area contributed by atoms with E-state index >= 15 is 0 Å². The van der Waals surface area contributed by atoms with Gasteiger partial charge >= 0.3 is 5.97 Å². The summed E-state index contributed by atoms with van der Waals surface area (Å²) in [5.41, 5.74) is 0.341. The fourth-order valence-corrected chi connectivity index (χ4v) is 1.96. The summed E-state index contributed by atoms with van der Waals surface area (Å²) in [4.78, 5) is 23.8. The highest BCUT2D eigenvalue weighted by molar-refractivity contribution is 6.35. The molecule has 8 heteroatoms. The third kappa shape index (κ3) is 5.89. The van der Waals surface area contributed by atoms with Crippen LogP contribution in [0, 0.1) is 0 Å². The summed E-state index contributed by atoms with van der Waals surface area (Å²) in [5, 5.41) is 3.18. The third-order valence-corrected chi connectivity index (χ3v) is 2.66. The minimum absolute atomic E-state index is 0.127. The first-order valence-electron chi connectivity index (χ1n) is 6.02. The lowest BCUT2D eigenvalue weighted by Crippen LogP contribution is -2.39. The zero-order valence-corrected chi connectivity index (χ0v) is 13.0. The van der Waals surface area contributed by atoms with E-state index in [-0.39, 0.29) is 13.4 Å². The molecule has 0 aliphatic rings. The number of amides is 1. The van der Waals surface area contributed by atoms with E-state index in [9.17, 15) is 9.59 Å². The molecule has 0 saturated heterocycles. The average Bonchev–Trinajstić information content (AvgIpc) is 2.38. The van der Waals surface area contributed by atoms with Crippen molar-refractivity contribution >= 4 is 40.8 Å². The van der Waals surface area contributed by atoms with Crippen LogP contribution in [-0.4, -0.2) is 38.5 Å². The molecule has 0 spiro atoms. The number of carbonyl (C=O) groups is 2. The first-order valence-corrected chi connectivity index (χ1v) is 6.77. The van der Waals surface area contributed by atoms with Crippen LogP contribution in [0.3, 0.4) is 0 Å². The number of hydrogen-bond donors (Lipinski definition) is 1. The molecule has 0 heterocycles. The first kappa shape index (κ1) is 17.7. The van der Waals surface area contributed by atoms with Gasteiger partial charge < -0.3 is 19.5 Å². The SMILES string of the molecule is CCOC(=O)C(OCOC)C(=O)Nc1cc(Cl)cc(Cl)c1. The number of methoxy groups -OCH3 is 1. The summed E-state index contributed by atoms with van der Waals surface area (Å²) >= 11 is 11.7. The van der Waals surface area contributed by atoms with Crippen molar-refractivity contribution in [2.24, 2.45) is 0 Å². The average molecular weight is 336 g/mol. The van der Waals surface area contributed by atoms with Crippen LogP contribution < -0.4 is 5.32 Å². The predicted octanol–water partition coefficient (Wildman–Crippen LogP) is 2.48. The van der Waals surface area contributed by atoms with Crippen LogP contribution in [0.5, 0.6) is 0 Å². The summed E-state index contributed by atoms with van der Waals surface area (Å²) in [6.07, 6.45) is -1.44. The molecule has 1 amide bonds. The van der Waals surface area contributed by atoms with Gasteiger partial charge in [0.1, 0.15) is 6.79 Å². The molecule has 0 fully saturated rings. The third-order valence-electron chi connectivity index (χ3n) is 2.22. The van der Waals surface area contributed by atoms with Crippen molar-refractivity contribution in [2.45, 2.75) is 13.0 Å². The molecule has 1 atom stereocenters. The summed E-state index contributed by atoms with van der Waals surface area (Å²) in [7, 11) is 1.37. The van der Waals surface area contributed by atoms with Crippen LogP contribution in [0.1, 0.15) is 6.92 Å². The predicted molar refractivity (Wildman–Crippen MR) is 78.5 cm³/mol. The van der Waals surface area contributed by atoms with Crippen molar-refractivity contribution in [3.63, 3.8) is 0 Å². The van der Waals surface area contributed by atoms with E-state index < -0.39 is 18.0 Å². The van der Waals surface area contributed by atoms with Gasteiger partial charge in [-0.25, -0.2) is 4.79 Å². The molecule has 0 radical (unpaired) electrons. The number of hydrogen-bond acceptors (Lipinski definition) is 5. The summed E-state index contributed by atoms with van der Waals surface area (Å²) in [6.45, 7) is 1.52. The zero-order valence-electron chi connectivity index (χ0n) is 11.5. The second kappa shape index (κ2) is 8.84. The molecule has 1 N–H and O–H groups in total. The Balaban J connectivity index is 2.81. The second-order valence-electron chi connectivity index (χ2n) is 3.85. The highest BCUT2D eigenvalue weighted by Crippen LogP contribution is 2.22. The van der Waals surface area contributed by atoms with Crippen LogP contribution >= 0.6 is 23.2 Å². The maximum Gasteiger partial charge on any atom is 0.345 e. The maximum atomic E-state index is 12.1. The summed E-state index contributed by atoms with van der Waals surface area (Å²) in [6, 6.07) is 4.50. The van der Waals surface area contributed by atoms with Gasteiger partial charge in [-0.2, -0.15) is 0 Å². The van der Waals surface area contributed by atoms with Gasteiger partial charge in [0.05, 0.1) is 6.61 Å². The zero-order chi connectivity index (χ0) is 15.8. The van der Waals surface area contributed by atoms with E-state index in [2.05, 4.69) is 10.1 Å². The highest BCUT2D eigenvalue weighted by Gasteiger charge is 2.29. The van der Waals surface area contributed by atoms with Crippen molar-refractivity contribution < 1.29 is 23.8 Å². The molecule has 0 saturated carbocycles. The van der Waals surface area contributed by atoms with E-state index in [4.69, 9.17) is 32.7 Å². The van der Waals surface area contributed by atoms with Crippen molar-refractivity contribution in [1.82, 2.24) is 0 Å². The molecule has 21 heavy (non-hydrogen) atoms. The lowest BCUT2D eigenvalue weighted by atomic mass is 10.3. The normalized spacial score (nSPS) is 11.8. The van der Waals surface area contributed by atoms with Gasteiger partial charge in [-0.1, -0.05) is 23.2 Å². The quantitative estimate of drug-likeness (QED) is 0.470. The van der Waals surface area contributed by atoms with Crippen molar-refractivity contribution in [3.05, 3.63) is 28.2 Å². The molecule has 1 unspecified atom stereocenters. The smallest absolute Gasteiger partial charge is 0.345 e. The number of anilines is 1. The minimum Gasteiger partial charge on any atom is -0.464 e. The molecule has 1 rings (SSSR count). The molecule has 116 valence electrons. The van der Waals surface area contributed by atoms with E-state index in [1.165, 1.54) is 25.3 Å². The number of rotatable bonds is 7. The minimum atomic E-state index is -1.44. The Labute approximate surface area is 132 Å². The second-order valence-corrected chi connectivity index (χ2v) is 4.73. The van der Waals surface area contributed by atoms with Crippen LogP contribution in [-0.2, 0) is 23.8 Å². The summed E-state index contributed by atoms with van der Waals surface area (Å²) in [5.74, 6) is -1.51. The molecule has 0 bridgehead atoms. The molecule has 1 aromatic carbocycles. The van der Waals surface area contributed by atoms with Crippen LogP contribution in [0.2, 0.25) is 10.0 Å². The Morgan fingerprint density at radius 1 is 1.24 bits per heavy atom.